The van der Waals surface area contributed by atoms with Gasteiger partial charge in [-0.3, -0.25) is 10.5 Å². The Hall–Kier alpha value is -1.21. The van der Waals surface area contributed by atoms with E-state index < -0.39 is 5.72 Å². The molecule has 0 aromatic rings. The van der Waals surface area contributed by atoms with Crippen molar-refractivity contribution in [1.29, 1.82) is 0 Å². The van der Waals surface area contributed by atoms with Crippen molar-refractivity contribution >= 4 is 6.41 Å². The van der Waals surface area contributed by atoms with Crippen molar-refractivity contribution in [2.45, 2.75) is 11.8 Å². The number of hydrogen-bond donors (Lipinski definition) is 3. The number of nitrogens with one attached hydrogen (secondary N) is 1. The molecular formula is C13H25N4O2+. The van der Waals surface area contributed by atoms with Crippen LogP contribution in [0, 0.1) is 0 Å². The van der Waals surface area contributed by atoms with Crippen LogP contribution in [0.5, 0.6) is 0 Å². The molecule has 0 aliphatic heterocycles. The third kappa shape index (κ3) is 4.43. The van der Waals surface area contributed by atoms with Gasteiger partial charge in [-0.25, -0.2) is 0 Å². The van der Waals surface area contributed by atoms with Crippen LogP contribution >= 0.6 is 0 Å². The number of likely N-dealkylation sites (N-methyl/N-ethyl adjacent to an activating group) is 1. The van der Waals surface area contributed by atoms with Crippen LogP contribution in [0.2, 0.25) is 0 Å². The van der Waals surface area contributed by atoms with Gasteiger partial charge in [0.2, 0.25) is 6.41 Å². The highest BCUT2D eigenvalue weighted by molar-refractivity contribution is 5.45. The molecule has 1 rings (SSSR count). The largest absolute Gasteiger partial charge is 0.358 e. The molecule has 1 aliphatic carbocycles. The molecule has 2 unspecified atom stereocenters. The number of nitrogens with two attached hydrogens (primary N) is 2. The second-order valence-electron chi connectivity index (χ2n) is 5.55. The minimum Gasteiger partial charge on any atom is -0.358 e. The average Bonchev–Trinajstić information content (AvgIpc) is 2.34. The standard InChI is InChI=1S/C13H24N4O2/c1-17(2,7-6-16-10-18)9-11-4-5-13(15,19-3)12(14)8-11/h4-5,8,10,12H,6-7,9,14-15H2,1-3H3/p+1. The van der Waals surface area contributed by atoms with Crippen molar-refractivity contribution in [2.75, 3.05) is 40.8 Å². The molecule has 0 saturated carbocycles. The minimum absolute atomic E-state index is 0.356. The summed E-state index contributed by atoms with van der Waals surface area (Å²) in [5, 5.41) is 2.67. The Bertz CT molecular complexity index is 379. The molecule has 0 aromatic heterocycles. The molecule has 0 bridgehead atoms. The molecule has 2 atom stereocenters. The Morgan fingerprint density at radius 1 is 1.58 bits per heavy atom. The molecule has 6 heteroatoms. The third-order valence-corrected chi connectivity index (χ3v) is 3.38. The summed E-state index contributed by atoms with van der Waals surface area (Å²) in [6, 6.07) is -0.356. The maximum absolute atomic E-state index is 10.2. The number of amides is 1. The van der Waals surface area contributed by atoms with E-state index in [-0.39, 0.29) is 6.04 Å². The van der Waals surface area contributed by atoms with Gasteiger partial charge in [-0.15, -0.1) is 0 Å². The van der Waals surface area contributed by atoms with E-state index in [0.29, 0.717) is 6.54 Å². The van der Waals surface area contributed by atoms with Gasteiger partial charge in [0.25, 0.3) is 0 Å². The average molecular weight is 269 g/mol. The van der Waals surface area contributed by atoms with Gasteiger partial charge in [-0.05, 0) is 6.08 Å². The van der Waals surface area contributed by atoms with Gasteiger partial charge in [-0.1, -0.05) is 12.2 Å². The lowest BCUT2D eigenvalue weighted by Crippen LogP contribution is -2.56. The zero-order valence-corrected chi connectivity index (χ0v) is 11.9. The summed E-state index contributed by atoms with van der Waals surface area (Å²) in [7, 11) is 5.76. The first-order valence-electron chi connectivity index (χ1n) is 6.31. The fourth-order valence-corrected chi connectivity index (χ4v) is 2.07. The lowest BCUT2D eigenvalue weighted by Gasteiger charge is -2.35. The summed E-state index contributed by atoms with van der Waals surface area (Å²) in [5.74, 6) is 0. The summed E-state index contributed by atoms with van der Waals surface area (Å²) in [4.78, 5) is 10.2. The van der Waals surface area contributed by atoms with Crippen LogP contribution in [-0.2, 0) is 9.53 Å². The van der Waals surface area contributed by atoms with Gasteiger partial charge in [0.05, 0.1) is 33.2 Å². The number of nitrogens with zero attached hydrogens (tertiary/aromatic N) is 1. The molecule has 5 N–H and O–H groups in total. The third-order valence-electron chi connectivity index (χ3n) is 3.38. The van der Waals surface area contributed by atoms with E-state index in [4.69, 9.17) is 16.2 Å². The summed E-state index contributed by atoms with van der Waals surface area (Å²) in [6.07, 6.45) is 6.42. The second-order valence-corrected chi connectivity index (χ2v) is 5.55. The van der Waals surface area contributed by atoms with Gasteiger partial charge < -0.3 is 20.3 Å². The predicted molar refractivity (Wildman–Crippen MR) is 75.0 cm³/mol. The van der Waals surface area contributed by atoms with Crippen LogP contribution in [0.25, 0.3) is 0 Å². The topological polar surface area (TPSA) is 90.4 Å². The van der Waals surface area contributed by atoms with Gasteiger partial charge in [0, 0.05) is 12.7 Å². The Balaban J connectivity index is 2.61. The van der Waals surface area contributed by atoms with E-state index in [0.717, 1.165) is 29.6 Å². The lowest BCUT2D eigenvalue weighted by molar-refractivity contribution is -0.884. The van der Waals surface area contributed by atoms with Gasteiger partial charge in [0.15, 0.2) is 5.72 Å². The number of methoxy groups -OCH3 is 1. The first kappa shape index (κ1) is 15.8. The molecular weight excluding hydrogens is 244 g/mol. The lowest BCUT2D eigenvalue weighted by atomic mass is 9.95. The SMILES string of the molecule is COC1(N)C=CC(C[N+](C)(C)CCNC=O)=CC1N. The van der Waals surface area contributed by atoms with Crippen LogP contribution < -0.4 is 16.8 Å². The maximum Gasteiger partial charge on any atom is 0.207 e. The predicted octanol–water partition coefficient (Wildman–Crippen LogP) is -1.07. The van der Waals surface area contributed by atoms with Gasteiger partial charge >= 0.3 is 0 Å². The molecule has 0 fully saturated rings. The van der Waals surface area contributed by atoms with E-state index >= 15 is 0 Å². The number of hydrogen-bond acceptors (Lipinski definition) is 4. The molecule has 0 spiro atoms. The summed E-state index contributed by atoms with van der Waals surface area (Å²) in [6.45, 7) is 2.32. The number of carbonyl (C=O) groups excluding carboxylic acids is 1. The quantitative estimate of drug-likeness (QED) is 0.238. The molecule has 0 saturated heterocycles. The van der Waals surface area contributed by atoms with E-state index in [1.54, 1.807) is 13.2 Å². The summed E-state index contributed by atoms with van der Waals surface area (Å²) in [5.41, 5.74) is 12.2. The Morgan fingerprint density at radius 3 is 2.79 bits per heavy atom. The fraction of sp³-hybridized carbons (Fsp3) is 0.615. The minimum atomic E-state index is -0.917. The number of rotatable bonds is 7. The van der Waals surface area contributed by atoms with Crippen molar-refractivity contribution < 1.29 is 14.0 Å². The van der Waals surface area contributed by atoms with Crippen LogP contribution in [0.1, 0.15) is 0 Å². The Labute approximate surface area is 114 Å². The number of ether oxygens (including phenoxy) is 1. The second kappa shape index (κ2) is 6.29. The summed E-state index contributed by atoms with van der Waals surface area (Å²) >= 11 is 0. The van der Waals surface area contributed by atoms with Gasteiger partial charge in [0.1, 0.15) is 6.54 Å². The molecule has 108 valence electrons. The highest BCUT2D eigenvalue weighted by Gasteiger charge is 2.32. The molecule has 0 radical (unpaired) electrons. The van der Waals surface area contributed by atoms with Crippen molar-refractivity contribution in [3.05, 3.63) is 23.8 Å². The molecule has 1 amide bonds. The van der Waals surface area contributed by atoms with E-state index in [2.05, 4.69) is 19.4 Å². The van der Waals surface area contributed by atoms with Crippen LogP contribution in [0.4, 0.5) is 0 Å². The van der Waals surface area contributed by atoms with Gasteiger partial charge in [-0.2, -0.15) is 0 Å². The van der Waals surface area contributed by atoms with Crippen molar-refractivity contribution in [1.82, 2.24) is 5.32 Å². The normalized spacial score (nSPS) is 27.0. The van der Waals surface area contributed by atoms with E-state index in [1.165, 1.54) is 0 Å². The first-order valence-corrected chi connectivity index (χ1v) is 6.31. The van der Waals surface area contributed by atoms with Crippen LogP contribution in [-0.4, -0.2) is 63.5 Å². The molecule has 6 nitrogen and oxygen atoms in total. The van der Waals surface area contributed by atoms with E-state index in [9.17, 15) is 4.79 Å². The molecule has 19 heavy (non-hydrogen) atoms. The van der Waals surface area contributed by atoms with Crippen molar-refractivity contribution in [2.24, 2.45) is 11.5 Å². The molecule has 0 heterocycles. The summed E-state index contributed by atoms with van der Waals surface area (Å²) < 4.78 is 5.97. The number of carbonyl (C=O) groups is 1. The zero-order chi connectivity index (χ0) is 14.5. The Morgan fingerprint density at radius 2 is 2.26 bits per heavy atom. The first-order chi connectivity index (χ1) is 8.83. The molecule has 0 aromatic carbocycles. The van der Waals surface area contributed by atoms with Crippen LogP contribution in [0.3, 0.4) is 0 Å². The zero-order valence-electron chi connectivity index (χ0n) is 11.9. The Kier molecular flexibility index (Phi) is 5.25. The van der Waals surface area contributed by atoms with E-state index in [1.807, 2.05) is 12.2 Å². The monoisotopic (exact) mass is 269 g/mol. The van der Waals surface area contributed by atoms with Crippen molar-refractivity contribution in [3.63, 3.8) is 0 Å². The molecule has 1 aliphatic rings. The maximum atomic E-state index is 10.2. The highest BCUT2D eigenvalue weighted by atomic mass is 16.5. The highest BCUT2D eigenvalue weighted by Crippen LogP contribution is 2.20. The van der Waals surface area contributed by atoms with Crippen molar-refractivity contribution in [3.8, 4) is 0 Å². The smallest absolute Gasteiger partial charge is 0.207 e. The van der Waals surface area contributed by atoms with Crippen LogP contribution in [0.15, 0.2) is 23.8 Å². The number of quaternary nitrogens is 1. The fourth-order valence-electron chi connectivity index (χ4n) is 2.07.